The maximum Gasteiger partial charge on any atom is 0.317 e. The van der Waals surface area contributed by atoms with Crippen molar-refractivity contribution >= 4 is 6.03 Å². The van der Waals surface area contributed by atoms with E-state index < -0.39 is 0 Å². The van der Waals surface area contributed by atoms with Crippen molar-refractivity contribution in [2.24, 2.45) is 0 Å². The highest BCUT2D eigenvalue weighted by atomic mass is 16.3. The number of nitrogens with one attached hydrogen (secondary N) is 1. The molecule has 0 saturated carbocycles. The van der Waals surface area contributed by atoms with Gasteiger partial charge in [-0.05, 0) is 24.5 Å². The van der Waals surface area contributed by atoms with E-state index in [1.165, 1.54) is 5.56 Å². The summed E-state index contributed by atoms with van der Waals surface area (Å²) in [5, 5.41) is 11.8. The zero-order valence-corrected chi connectivity index (χ0v) is 11.1. The number of urea groups is 1. The lowest BCUT2D eigenvalue weighted by molar-refractivity contribution is 0.177. The smallest absolute Gasteiger partial charge is 0.317 e. The van der Waals surface area contributed by atoms with Crippen molar-refractivity contribution in [2.45, 2.75) is 26.8 Å². The molecule has 18 heavy (non-hydrogen) atoms. The molecule has 1 aromatic rings. The topological polar surface area (TPSA) is 52.6 Å². The van der Waals surface area contributed by atoms with Crippen LogP contribution in [0.25, 0.3) is 0 Å². The normalized spacial score (nSPS) is 10.2. The molecule has 0 saturated heterocycles. The highest BCUT2D eigenvalue weighted by Crippen LogP contribution is 2.06. The van der Waals surface area contributed by atoms with Crippen LogP contribution in [0, 0.1) is 6.92 Å². The Balaban J connectivity index is 2.51. The van der Waals surface area contributed by atoms with Crippen LogP contribution in [0.1, 0.15) is 24.5 Å². The predicted octanol–water partition coefficient (Wildman–Crippen LogP) is 1.91. The van der Waals surface area contributed by atoms with Gasteiger partial charge in [0, 0.05) is 19.6 Å². The second-order valence-corrected chi connectivity index (χ2v) is 4.30. The number of aliphatic hydroxyl groups excluding tert-OH is 1. The Bertz CT molecular complexity index is 374. The molecule has 0 aliphatic carbocycles. The van der Waals surface area contributed by atoms with Crippen LogP contribution in [-0.2, 0) is 6.54 Å². The molecule has 0 bridgehead atoms. The van der Waals surface area contributed by atoms with Crippen LogP contribution in [0.4, 0.5) is 4.79 Å². The quantitative estimate of drug-likeness (QED) is 0.810. The minimum absolute atomic E-state index is 0.00220. The van der Waals surface area contributed by atoms with Crippen LogP contribution < -0.4 is 5.32 Å². The summed E-state index contributed by atoms with van der Waals surface area (Å²) in [6.07, 6.45) is 0.887. The summed E-state index contributed by atoms with van der Waals surface area (Å²) >= 11 is 0. The van der Waals surface area contributed by atoms with E-state index in [0.29, 0.717) is 19.6 Å². The number of nitrogens with zero attached hydrogens (tertiary/aromatic N) is 1. The second kappa shape index (κ2) is 7.71. The third-order valence-electron chi connectivity index (χ3n) is 2.84. The number of hydrogen-bond donors (Lipinski definition) is 2. The highest BCUT2D eigenvalue weighted by molar-refractivity contribution is 5.74. The number of carbonyl (C=O) groups excluding carboxylic acids is 1. The summed E-state index contributed by atoms with van der Waals surface area (Å²) in [5.41, 5.74) is 2.29. The van der Waals surface area contributed by atoms with Crippen LogP contribution in [-0.4, -0.2) is 35.7 Å². The summed E-state index contributed by atoms with van der Waals surface area (Å²) in [6, 6.07) is 7.86. The molecule has 0 unspecified atom stereocenters. The van der Waals surface area contributed by atoms with Crippen molar-refractivity contribution in [2.75, 3.05) is 19.7 Å². The van der Waals surface area contributed by atoms with Crippen LogP contribution in [0.3, 0.4) is 0 Å². The van der Waals surface area contributed by atoms with Crippen molar-refractivity contribution in [1.29, 1.82) is 0 Å². The molecule has 4 nitrogen and oxygen atoms in total. The van der Waals surface area contributed by atoms with E-state index in [1.54, 1.807) is 4.90 Å². The first-order valence-corrected chi connectivity index (χ1v) is 6.37. The molecule has 2 N–H and O–H groups in total. The van der Waals surface area contributed by atoms with E-state index in [4.69, 9.17) is 5.11 Å². The average Bonchev–Trinajstić information content (AvgIpc) is 2.37. The van der Waals surface area contributed by atoms with E-state index in [-0.39, 0.29) is 12.6 Å². The Kier molecular flexibility index (Phi) is 6.22. The lowest BCUT2D eigenvalue weighted by Gasteiger charge is -2.21. The number of amides is 2. The predicted molar refractivity (Wildman–Crippen MR) is 72.4 cm³/mol. The third-order valence-corrected chi connectivity index (χ3v) is 2.84. The van der Waals surface area contributed by atoms with Crippen molar-refractivity contribution < 1.29 is 9.90 Å². The molecule has 0 aromatic heterocycles. The minimum Gasteiger partial charge on any atom is -0.395 e. The SMILES string of the molecule is CCCN(CCO)C(=O)NCc1ccccc1C. The number of carbonyl (C=O) groups is 1. The molecule has 4 heteroatoms. The Hall–Kier alpha value is -1.55. The molecule has 0 spiro atoms. The Morgan fingerprint density at radius 2 is 2.06 bits per heavy atom. The van der Waals surface area contributed by atoms with Gasteiger partial charge in [-0.3, -0.25) is 0 Å². The van der Waals surface area contributed by atoms with E-state index in [1.807, 2.05) is 38.1 Å². The Morgan fingerprint density at radius 3 is 2.67 bits per heavy atom. The molecule has 1 aromatic carbocycles. The molecular weight excluding hydrogens is 228 g/mol. The largest absolute Gasteiger partial charge is 0.395 e. The van der Waals surface area contributed by atoms with E-state index >= 15 is 0 Å². The summed E-state index contributed by atoms with van der Waals surface area (Å²) in [6.45, 7) is 5.61. The first kappa shape index (κ1) is 14.5. The molecule has 1 rings (SSSR count). The van der Waals surface area contributed by atoms with Crippen LogP contribution in [0.2, 0.25) is 0 Å². The summed E-state index contributed by atoms with van der Waals surface area (Å²) < 4.78 is 0. The highest BCUT2D eigenvalue weighted by Gasteiger charge is 2.11. The first-order chi connectivity index (χ1) is 8.69. The minimum atomic E-state index is -0.117. The van der Waals surface area contributed by atoms with Gasteiger partial charge in [-0.2, -0.15) is 0 Å². The van der Waals surface area contributed by atoms with Crippen molar-refractivity contribution in [1.82, 2.24) is 10.2 Å². The van der Waals surface area contributed by atoms with Gasteiger partial charge in [-0.15, -0.1) is 0 Å². The monoisotopic (exact) mass is 250 g/mol. The lowest BCUT2D eigenvalue weighted by atomic mass is 10.1. The zero-order valence-electron chi connectivity index (χ0n) is 11.1. The van der Waals surface area contributed by atoms with Gasteiger partial charge in [0.1, 0.15) is 0 Å². The second-order valence-electron chi connectivity index (χ2n) is 4.30. The van der Waals surface area contributed by atoms with E-state index in [9.17, 15) is 4.79 Å². The fourth-order valence-corrected chi connectivity index (χ4v) is 1.80. The average molecular weight is 250 g/mol. The Labute approximate surface area is 109 Å². The fraction of sp³-hybridized carbons (Fsp3) is 0.500. The van der Waals surface area contributed by atoms with Gasteiger partial charge < -0.3 is 15.3 Å². The van der Waals surface area contributed by atoms with Crippen LogP contribution >= 0.6 is 0 Å². The van der Waals surface area contributed by atoms with Gasteiger partial charge in [-0.1, -0.05) is 31.2 Å². The summed E-state index contributed by atoms with van der Waals surface area (Å²) in [7, 11) is 0. The van der Waals surface area contributed by atoms with Crippen molar-refractivity contribution in [3.63, 3.8) is 0 Å². The van der Waals surface area contributed by atoms with Crippen LogP contribution in [0.5, 0.6) is 0 Å². The molecule has 0 fully saturated rings. The third kappa shape index (κ3) is 4.37. The standard InChI is InChI=1S/C14H22N2O2/c1-3-8-16(9-10-17)14(18)15-11-13-7-5-4-6-12(13)2/h4-7,17H,3,8-11H2,1-2H3,(H,15,18). The molecule has 0 aliphatic rings. The van der Waals surface area contributed by atoms with Gasteiger partial charge >= 0.3 is 6.03 Å². The van der Waals surface area contributed by atoms with E-state index in [0.717, 1.165) is 12.0 Å². The van der Waals surface area contributed by atoms with E-state index in [2.05, 4.69) is 5.32 Å². The van der Waals surface area contributed by atoms with Gasteiger partial charge in [-0.25, -0.2) is 4.79 Å². The summed E-state index contributed by atoms with van der Waals surface area (Å²) in [4.78, 5) is 13.5. The Morgan fingerprint density at radius 1 is 1.33 bits per heavy atom. The molecule has 100 valence electrons. The van der Waals surface area contributed by atoms with Crippen molar-refractivity contribution in [3.8, 4) is 0 Å². The number of hydrogen-bond acceptors (Lipinski definition) is 2. The van der Waals surface area contributed by atoms with Gasteiger partial charge in [0.05, 0.1) is 6.61 Å². The van der Waals surface area contributed by atoms with Gasteiger partial charge in [0.15, 0.2) is 0 Å². The van der Waals surface area contributed by atoms with Crippen LogP contribution in [0.15, 0.2) is 24.3 Å². The molecule has 0 radical (unpaired) electrons. The summed E-state index contributed by atoms with van der Waals surface area (Å²) in [5.74, 6) is 0. The number of rotatable bonds is 6. The molecule has 0 atom stereocenters. The number of aryl methyl sites for hydroxylation is 1. The maximum atomic E-state index is 11.9. The maximum absolute atomic E-state index is 11.9. The number of aliphatic hydroxyl groups is 1. The van der Waals surface area contributed by atoms with Gasteiger partial charge in [0.2, 0.25) is 0 Å². The molecular formula is C14H22N2O2. The first-order valence-electron chi connectivity index (χ1n) is 6.37. The fourth-order valence-electron chi connectivity index (χ4n) is 1.80. The molecule has 2 amide bonds. The van der Waals surface area contributed by atoms with Crippen molar-refractivity contribution in [3.05, 3.63) is 35.4 Å². The lowest BCUT2D eigenvalue weighted by Crippen LogP contribution is -2.41. The molecule has 0 heterocycles. The number of benzene rings is 1. The molecule has 0 aliphatic heterocycles. The zero-order chi connectivity index (χ0) is 13.4. The van der Waals surface area contributed by atoms with Gasteiger partial charge in [0.25, 0.3) is 0 Å².